The summed E-state index contributed by atoms with van der Waals surface area (Å²) in [5, 5.41) is 8.74. The minimum Gasteiger partial charge on any atom is -0.496 e. The molecule has 0 aromatic heterocycles. The van der Waals surface area contributed by atoms with E-state index >= 15 is 0 Å². The second-order valence-corrected chi connectivity index (χ2v) is 3.27. The van der Waals surface area contributed by atoms with Gasteiger partial charge in [0.05, 0.1) is 13.5 Å². The van der Waals surface area contributed by atoms with Crippen LogP contribution in [0.1, 0.15) is 17.9 Å². The molecular weight excluding hydrogens is 194 g/mol. The largest absolute Gasteiger partial charge is 0.496 e. The summed E-state index contributed by atoms with van der Waals surface area (Å²) in [6, 6.07) is 7.35. The van der Waals surface area contributed by atoms with Crippen LogP contribution in [0, 0.1) is 0 Å². The molecule has 0 bridgehead atoms. The Hall–Kier alpha value is -1.55. The molecule has 0 aliphatic carbocycles. The number of hydrogen-bond donors (Lipinski definition) is 2. The highest BCUT2D eigenvalue weighted by atomic mass is 16.5. The van der Waals surface area contributed by atoms with Gasteiger partial charge in [-0.05, 0) is 18.2 Å². The van der Waals surface area contributed by atoms with Crippen LogP contribution in [0.3, 0.4) is 0 Å². The van der Waals surface area contributed by atoms with Gasteiger partial charge >= 0.3 is 5.97 Å². The number of carboxylic acid groups (broad SMARTS) is 1. The van der Waals surface area contributed by atoms with Gasteiger partial charge in [0, 0.05) is 5.92 Å². The highest BCUT2D eigenvalue weighted by Gasteiger charge is 2.17. The molecule has 0 aliphatic heterocycles. The first kappa shape index (κ1) is 11.5. The Labute approximate surface area is 88.7 Å². The van der Waals surface area contributed by atoms with Crippen molar-refractivity contribution in [2.45, 2.75) is 12.3 Å². The summed E-state index contributed by atoms with van der Waals surface area (Å²) >= 11 is 0. The fraction of sp³-hybridized carbons (Fsp3) is 0.364. The van der Waals surface area contributed by atoms with E-state index in [9.17, 15) is 4.79 Å². The van der Waals surface area contributed by atoms with E-state index in [0.29, 0.717) is 12.3 Å². The van der Waals surface area contributed by atoms with E-state index in [0.717, 1.165) is 5.56 Å². The van der Waals surface area contributed by atoms with Crippen molar-refractivity contribution in [2.24, 2.45) is 5.73 Å². The number of para-hydroxylation sites is 1. The van der Waals surface area contributed by atoms with Crippen molar-refractivity contribution >= 4 is 5.97 Å². The Kier molecular flexibility index (Phi) is 4.12. The first-order valence-electron chi connectivity index (χ1n) is 4.73. The normalized spacial score (nSPS) is 12.1. The molecule has 0 amide bonds. The number of benzene rings is 1. The molecule has 0 spiro atoms. The van der Waals surface area contributed by atoms with E-state index in [4.69, 9.17) is 15.6 Å². The fourth-order valence-corrected chi connectivity index (χ4v) is 1.53. The molecule has 4 nitrogen and oxygen atoms in total. The lowest BCUT2D eigenvalue weighted by Gasteiger charge is -2.15. The molecule has 0 fully saturated rings. The smallest absolute Gasteiger partial charge is 0.304 e. The Bertz CT molecular complexity index is 338. The van der Waals surface area contributed by atoms with Gasteiger partial charge in [-0.3, -0.25) is 4.79 Å². The zero-order chi connectivity index (χ0) is 11.3. The summed E-state index contributed by atoms with van der Waals surface area (Å²) in [6.45, 7) is 0.298. The molecule has 0 unspecified atom stereocenters. The standard InChI is InChI=1S/C11H15NO3/c1-15-10-5-3-2-4-9(10)8(7-12)6-11(13)14/h2-5,8H,6-7,12H2,1H3,(H,13,14)/t8-/m1/s1. The average Bonchev–Trinajstić information content (AvgIpc) is 2.25. The van der Waals surface area contributed by atoms with Crippen LogP contribution >= 0.6 is 0 Å². The lowest BCUT2D eigenvalue weighted by molar-refractivity contribution is -0.137. The van der Waals surface area contributed by atoms with Gasteiger partial charge < -0.3 is 15.6 Å². The number of rotatable bonds is 5. The zero-order valence-electron chi connectivity index (χ0n) is 8.64. The Morgan fingerprint density at radius 1 is 1.53 bits per heavy atom. The van der Waals surface area contributed by atoms with E-state index in [-0.39, 0.29) is 12.3 Å². The molecular formula is C11H15NO3. The van der Waals surface area contributed by atoms with E-state index in [1.165, 1.54) is 0 Å². The summed E-state index contributed by atoms with van der Waals surface area (Å²) in [5.41, 5.74) is 6.41. The minimum absolute atomic E-state index is 0.0247. The lowest BCUT2D eigenvalue weighted by atomic mass is 9.95. The van der Waals surface area contributed by atoms with Crippen molar-refractivity contribution in [1.29, 1.82) is 0 Å². The Morgan fingerprint density at radius 2 is 2.20 bits per heavy atom. The summed E-state index contributed by atoms with van der Waals surface area (Å²) in [4.78, 5) is 10.6. The summed E-state index contributed by atoms with van der Waals surface area (Å²) in [5.74, 6) is -0.357. The predicted octanol–water partition coefficient (Wildman–Crippen LogP) is 1.21. The minimum atomic E-state index is -0.851. The number of carboxylic acids is 1. The van der Waals surface area contributed by atoms with E-state index in [2.05, 4.69) is 0 Å². The SMILES string of the molecule is COc1ccccc1[C@@H](CN)CC(=O)O. The third kappa shape index (κ3) is 2.95. The number of methoxy groups -OCH3 is 1. The van der Waals surface area contributed by atoms with Crippen LogP contribution in [-0.2, 0) is 4.79 Å². The summed E-state index contributed by atoms with van der Waals surface area (Å²) in [6.07, 6.45) is 0.0247. The molecule has 3 N–H and O–H groups in total. The lowest BCUT2D eigenvalue weighted by Crippen LogP contribution is -2.16. The Balaban J connectivity index is 2.95. The van der Waals surface area contributed by atoms with Crippen molar-refractivity contribution in [1.82, 2.24) is 0 Å². The van der Waals surface area contributed by atoms with Gasteiger partial charge in [-0.1, -0.05) is 18.2 Å². The third-order valence-electron chi connectivity index (χ3n) is 2.28. The van der Waals surface area contributed by atoms with Crippen LogP contribution in [0.2, 0.25) is 0 Å². The number of carbonyl (C=O) groups is 1. The number of ether oxygens (including phenoxy) is 1. The van der Waals surface area contributed by atoms with Crippen LogP contribution in [0.25, 0.3) is 0 Å². The molecule has 0 aliphatic rings. The topological polar surface area (TPSA) is 72.5 Å². The van der Waals surface area contributed by atoms with Crippen molar-refractivity contribution in [3.05, 3.63) is 29.8 Å². The third-order valence-corrected chi connectivity index (χ3v) is 2.28. The molecule has 1 atom stereocenters. The van der Waals surface area contributed by atoms with Gasteiger partial charge in [0.1, 0.15) is 5.75 Å². The molecule has 1 aromatic carbocycles. The van der Waals surface area contributed by atoms with Crippen molar-refractivity contribution < 1.29 is 14.6 Å². The maximum atomic E-state index is 10.6. The maximum absolute atomic E-state index is 10.6. The zero-order valence-corrected chi connectivity index (χ0v) is 8.64. The van der Waals surface area contributed by atoms with Gasteiger partial charge in [0.2, 0.25) is 0 Å². The first-order valence-corrected chi connectivity index (χ1v) is 4.73. The second-order valence-electron chi connectivity index (χ2n) is 3.27. The highest BCUT2D eigenvalue weighted by molar-refractivity contribution is 5.68. The molecule has 1 aromatic rings. The number of hydrogen-bond acceptors (Lipinski definition) is 3. The van der Waals surface area contributed by atoms with Crippen molar-refractivity contribution in [3.63, 3.8) is 0 Å². The van der Waals surface area contributed by atoms with Gasteiger partial charge in [-0.2, -0.15) is 0 Å². The average molecular weight is 209 g/mol. The monoisotopic (exact) mass is 209 g/mol. The quantitative estimate of drug-likeness (QED) is 0.764. The van der Waals surface area contributed by atoms with Crippen molar-refractivity contribution in [2.75, 3.05) is 13.7 Å². The van der Waals surface area contributed by atoms with Gasteiger partial charge in [-0.15, -0.1) is 0 Å². The molecule has 0 radical (unpaired) electrons. The van der Waals surface area contributed by atoms with Crippen molar-refractivity contribution in [3.8, 4) is 5.75 Å². The van der Waals surface area contributed by atoms with E-state index in [1.807, 2.05) is 18.2 Å². The van der Waals surface area contributed by atoms with Gasteiger partial charge in [0.25, 0.3) is 0 Å². The summed E-state index contributed by atoms with van der Waals surface area (Å²) < 4.78 is 5.16. The molecule has 15 heavy (non-hydrogen) atoms. The van der Waals surface area contributed by atoms with Crippen LogP contribution in [0.15, 0.2) is 24.3 Å². The molecule has 0 heterocycles. The second kappa shape index (κ2) is 5.36. The van der Waals surface area contributed by atoms with Crippen LogP contribution < -0.4 is 10.5 Å². The van der Waals surface area contributed by atoms with Crippen LogP contribution in [-0.4, -0.2) is 24.7 Å². The maximum Gasteiger partial charge on any atom is 0.304 e. The molecule has 1 rings (SSSR count). The molecule has 0 saturated carbocycles. The molecule has 0 saturated heterocycles. The van der Waals surface area contributed by atoms with Gasteiger partial charge in [0.15, 0.2) is 0 Å². The fourth-order valence-electron chi connectivity index (χ4n) is 1.53. The van der Waals surface area contributed by atoms with Crippen LogP contribution in [0.4, 0.5) is 0 Å². The molecule has 82 valence electrons. The number of nitrogens with two attached hydrogens (primary N) is 1. The van der Waals surface area contributed by atoms with Crippen LogP contribution in [0.5, 0.6) is 5.75 Å². The van der Waals surface area contributed by atoms with E-state index in [1.54, 1.807) is 13.2 Å². The molecule has 4 heteroatoms. The summed E-state index contributed by atoms with van der Waals surface area (Å²) in [7, 11) is 1.56. The highest BCUT2D eigenvalue weighted by Crippen LogP contribution is 2.27. The van der Waals surface area contributed by atoms with Gasteiger partial charge in [-0.25, -0.2) is 0 Å². The first-order chi connectivity index (χ1) is 7.19. The number of aliphatic carboxylic acids is 1. The Morgan fingerprint density at radius 3 is 2.73 bits per heavy atom. The van der Waals surface area contributed by atoms with E-state index < -0.39 is 5.97 Å². The predicted molar refractivity (Wildman–Crippen MR) is 57.0 cm³/mol.